The fourth-order valence-electron chi connectivity index (χ4n) is 8.57. The van der Waals surface area contributed by atoms with Gasteiger partial charge in [0.05, 0.1) is 0 Å². The van der Waals surface area contributed by atoms with Crippen molar-refractivity contribution >= 4 is 0 Å². The van der Waals surface area contributed by atoms with Gasteiger partial charge in [-0.05, 0) is 97.2 Å². The predicted octanol–water partition coefficient (Wildman–Crippen LogP) is 7.72. The van der Waals surface area contributed by atoms with Gasteiger partial charge in [-0.3, -0.25) is 0 Å². The van der Waals surface area contributed by atoms with Crippen LogP contribution in [0.15, 0.2) is 0 Å². The molecule has 0 nitrogen and oxygen atoms in total. The van der Waals surface area contributed by atoms with Gasteiger partial charge in [0.25, 0.3) is 0 Å². The Balaban J connectivity index is 1.57. The molecule has 0 heteroatoms. The highest BCUT2D eigenvalue weighted by Crippen LogP contribution is 2.64. The van der Waals surface area contributed by atoms with E-state index in [1.807, 2.05) is 0 Å². The molecular formula is C25H44. The van der Waals surface area contributed by atoms with Crippen LogP contribution in [0.25, 0.3) is 0 Å². The molecule has 0 saturated heterocycles. The molecule has 4 rings (SSSR count). The molecule has 4 aliphatic rings. The molecule has 4 aliphatic carbocycles. The fraction of sp³-hybridized carbons (Fsp3) is 1.00. The molecule has 0 aromatic rings. The first-order valence-corrected chi connectivity index (χ1v) is 11.8. The molecular weight excluding hydrogens is 300 g/mol. The summed E-state index contributed by atoms with van der Waals surface area (Å²) in [5.74, 6) is 7.36. The monoisotopic (exact) mass is 344 g/mol. The Morgan fingerprint density at radius 3 is 1.88 bits per heavy atom. The van der Waals surface area contributed by atoms with Gasteiger partial charge >= 0.3 is 0 Å². The van der Waals surface area contributed by atoms with Crippen LogP contribution in [0.3, 0.4) is 0 Å². The minimum absolute atomic E-state index is 0.526. The second-order valence-electron chi connectivity index (χ2n) is 12.1. The predicted molar refractivity (Wildman–Crippen MR) is 108 cm³/mol. The van der Waals surface area contributed by atoms with Gasteiger partial charge < -0.3 is 0 Å². The zero-order valence-corrected chi connectivity index (χ0v) is 17.8. The van der Waals surface area contributed by atoms with Crippen LogP contribution < -0.4 is 0 Å². The molecule has 4 fully saturated rings. The molecule has 144 valence electrons. The number of rotatable bonds is 2. The SMILES string of the molecule is CC(C)(C)C1CC2CCC(C(C)(C)C3CCCCC3)C3CCCC1C23. The van der Waals surface area contributed by atoms with Gasteiger partial charge in [-0.25, -0.2) is 0 Å². The summed E-state index contributed by atoms with van der Waals surface area (Å²) in [6.07, 6.45) is 16.9. The van der Waals surface area contributed by atoms with Crippen molar-refractivity contribution in [2.45, 2.75) is 105 Å². The summed E-state index contributed by atoms with van der Waals surface area (Å²) in [6, 6.07) is 0. The number of hydrogen-bond donors (Lipinski definition) is 0. The van der Waals surface area contributed by atoms with E-state index in [4.69, 9.17) is 0 Å². The molecule has 0 N–H and O–H groups in total. The van der Waals surface area contributed by atoms with Crippen molar-refractivity contribution in [2.75, 3.05) is 0 Å². The first-order valence-electron chi connectivity index (χ1n) is 11.8. The second kappa shape index (κ2) is 6.56. The van der Waals surface area contributed by atoms with Crippen molar-refractivity contribution in [3.8, 4) is 0 Å². The zero-order valence-electron chi connectivity index (χ0n) is 17.8. The van der Waals surface area contributed by atoms with E-state index in [0.717, 1.165) is 41.4 Å². The summed E-state index contributed by atoms with van der Waals surface area (Å²) < 4.78 is 0. The average molecular weight is 345 g/mol. The third-order valence-electron chi connectivity index (χ3n) is 9.77. The minimum Gasteiger partial charge on any atom is -0.0599 e. The highest BCUT2D eigenvalue weighted by Gasteiger charge is 2.57. The van der Waals surface area contributed by atoms with E-state index < -0.39 is 0 Å². The number of hydrogen-bond acceptors (Lipinski definition) is 0. The lowest BCUT2D eigenvalue weighted by Crippen LogP contribution is -2.47. The van der Waals surface area contributed by atoms with Gasteiger partial charge in [-0.1, -0.05) is 60.3 Å². The maximum Gasteiger partial charge on any atom is -0.0295 e. The second-order valence-corrected chi connectivity index (χ2v) is 12.1. The Kier molecular flexibility index (Phi) is 4.82. The van der Waals surface area contributed by atoms with E-state index in [1.165, 1.54) is 38.5 Å². The topological polar surface area (TPSA) is 0 Å². The van der Waals surface area contributed by atoms with Crippen LogP contribution in [-0.4, -0.2) is 0 Å². The lowest BCUT2D eigenvalue weighted by atomic mass is 9.51. The average Bonchev–Trinajstić information content (AvgIpc) is 2.97. The smallest absolute Gasteiger partial charge is 0.0295 e. The van der Waals surface area contributed by atoms with Crippen LogP contribution in [-0.2, 0) is 0 Å². The Hall–Kier alpha value is 0. The van der Waals surface area contributed by atoms with E-state index in [2.05, 4.69) is 34.6 Å². The molecule has 0 aliphatic heterocycles. The summed E-state index contributed by atoms with van der Waals surface area (Å²) in [5.41, 5.74) is 1.12. The van der Waals surface area contributed by atoms with Gasteiger partial charge in [0, 0.05) is 0 Å². The van der Waals surface area contributed by atoms with Crippen LogP contribution >= 0.6 is 0 Å². The molecule has 0 radical (unpaired) electrons. The van der Waals surface area contributed by atoms with E-state index in [-0.39, 0.29) is 0 Å². The first-order chi connectivity index (χ1) is 11.8. The summed E-state index contributed by atoms with van der Waals surface area (Å²) in [4.78, 5) is 0. The molecule has 6 unspecified atom stereocenters. The molecule has 6 atom stereocenters. The highest BCUT2D eigenvalue weighted by molar-refractivity contribution is 5.06. The van der Waals surface area contributed by atoms with E-state index in [0.29, 0.717) is 10.8 Å². The van der Waals surface area contributed by atoms with E-state index in [1.54, 1.807) is 32.1 Å². The van der Waals surface area contributed by atoms with Crippen molar-refractivity contribution in [1.29, 1.82) is 0 Å². The third kappa shape index (κ3) is 3.12. The summed E-state index contributed by atoms with van der Waals surface area (Å²) >= 11 is 0. The highest BCUT2D eigenvalue weighted by atomic mass is 14.6. The Bertz CT molecular complexity index is 461. The lowest BCUT2D eigenvalue weighted by molar-refractivity contribution is -0.0516. The van der Waals surface area contributed by atoms with Gasteiger partial charge in [0.1, 0.15) is 0 Å². The van der Waals surface area contributed by atoms with Gasteiger partial charge in [0.15, 0.2) is 0 Å². The summed E-state index contributed by atoms with van der Waals surface area (Å²) in [7, 11) is 0. The van der Waals surface area contributed by atoms with Gasteiger partial charge in [-0.2, -0.15) is 0 Å². The fourth-order valence-corrected chi connectivity index (χ4v) is 8.57. The Morgan fingerprint density at radius 1 is 0.600 bits per heavy atom. The molecule has 0 bridgehead atoms. The minimum atomic E-state index is 0.526. The molecule has 0 amide bonds. The van der Waals surface area contributed by atoms with Gasteiger partial charge in [-0.15, -0.1) is 0 Å². The molecule has 0 spiro atoms. The maximum absolute atomic E-state index is 2.69. The van der Waals surface area contributed by atoms with Crippen LogP contribution in [0.5, 0.6) is 0 Å². The lowest BCUT2D eigenvalue weighted by Gasteiger charge is -2.54. The van der Waals surface area contributed by atoms with Crippen molar-refractivity contribution in [3.63, 3.8) is 0 Å². The van der Waals surface area contributed by atoms with E-state index in [9.17, 15) is 0 Å². The third-order valence-corrected chi connectivity index (χ3v) is 9.77. The van der Waals surface area contributed by atoms with Crippen molar-refractivity contribution in [1.82, 2.24) is 0 Å². The molecule has 0 heterocycles. The van der Waals surface area contributed by atoms with Crippen LogP contribution in [0, 0.1) is 52.3 Å². The summed E-state index contributed by atoms with van der Waals surface area (Å²) in [5, 5.41) is 0. The van der Waals surface area contributed by atoms with Crippen LogP contribution in [0.1, 0.15) is 105 Å². The Labute approximate surface area is 157 Å². The summed E-state index contributed by atoms with van der Waals surface area (Å²) in [6.45, 7) is 13.0. The quantitative estimate of drug-likeness (QED) is 0.481. The molecule has 0 aromatic heterocycles. The van der Waals surface area contributed by atoms with Crippen LogP contribution in [0.4, 0.5) is 0 Å². The van der Waals surface area contributed by atoms with Crippen molar-refractivity contribution < 1.29 is 0 Å². The van der Waals surface area contributed by atoms with Crippen LogP contribution in [0.2, 0.25) is 0 Å². The largest absolute Gasteiger partial charge is 0.0599 e. The Morgan fingerprint density at radius 2 is 1.24 bits per heavy atom. The van der Waals surface area contributed by atoms with Crippen molar-refractivity contribution in [3.05, 3.63) is 0 Å². The van der Waals surface area contributed by atoms with E-state index >= 15 is 0 Å². The standard InChI is InChI=1S/C25H44/c1-24(2,3)22-16-17-14-15-21(19-12-9-13-20(22)23(17)19)25(4,5)18-10-7-6-8-11-18/h17-23H,6-16H2,1-5H3. The zero-order chi connectivity index (χ0) is 17.8. The maximum atomic E-state index is 2.69. The molecule has 4 saturated carbocycles. The molecule has 0 aromatic carbocycles. The van der Waals surface area contributed by atoms with Gasteiger partial charge in [0.2, 0.25) is 0 Å². The van der Waals surface area contributed by atoms with Crippen molar-refractivity contribution in [2.24, 2.45) is 52.3 Å². The molecule has 25 heavy (non-hydrogen) atoms. The first kappa shape index (κ1) is 18.4. The normalized spacial score (nSPS) is 43.1.